The molecule has 0 aromatic carbocycles. The first kappa shape index (κ1) is 15.6. The number of rotatable bonds is 0. The van der Waals surface area contributed by atoms with Crippen LogP contribution in [0.1, 0.15) is 5.69 Å². The third-order valence-electron chi connectivity index (χ3n) is 0.726. The van der Waals surface area contributed by atoms with E-state index in [1.54, 1.807) is 6.07 Å². The minimum atomic E-state index is -3.19. The van der Waals surface area contributed by atoms with E-state index < -0.39 is 9.05 Å². The van der Waals surface area contributed by atoms with Crippen LogP contribution in [-0.4, -0.2) is 30.1 Å². The minimum Gasteiger partial charge on any atom is -0.382 e. The molecule has 7 nitrogen and oxygen atoms in total. The fourth-order valence-corrected chi connectivity index (χ4v) is 0.439. The summed E-state index contributed by atoms with van der Waals surface area (Å²) in [5.74, 6) is 4.05. The van der Waals surface area contributed by atoms with E-state index in [1.807, 2.05) is 6.92 Å². The molecule has 14 heavy (non-hydrogen) atoms. The van der Waals surface area contributed by atoms with E-state index in [2.05, 4.69) is 26.8 Å². The van der Waals surface area contributed by atoms with Crippen molar-refractivity contribution in [1.82, 2.24) is 10.2 Å². The summed E-state index contributed by atoms with van der Waals surface area (Å²) in [6.45, 7) is 1.91. The smallest absolute Gasteiger partial charge is 0.229 e. The molecule has 0 saturated carbocycles. The highest BCUT2D eigenvalue weighted by Gasteiger charge is 1.85. The molecule has 0 bridgehead atoms. The van der Waals surface area contributed by atoms with Crippen molar-refractivity contribution in [2.45, 2.75) is 6.92 Å². The molecule has 0 unspecified atom stereocenters. The minimum absolute atomic E-state index is 0.553. The highest BCUT2D eigenvalue weighted by atomic mass is 35.7. The van der Waals surface area contributed by atoms with Gasteiger partial charge in [-0.15, -0.1) is 0 Å². The molecular formula is C5H13ClN4O3S. The van der Waals surface area contributed by atoms with Gasteiger partial charge in [0.15, 0.2) is 0 Å². The van der Waals surface area contributed by atoms with Gasteiger partial charge in [-0.2, -0.15) is 5.10 Å². The summed E-state index contributed by atoms with van der Waals surface area (Å²) in [5.41, 5.74) is 6.23. The van der Waals surface area contributed by atoms with Gasteiger partial charge in [0.25, 0.3) is 0 Å². The lowest BCUT2D eigenvalue weighted by molar-refractivity contribution is 0.311. The number of anilines is 1. The number of nitrogens with two attached hydrogens (primary N) is 2. The van der Waals surface area contributed by atoms with Crippen LogP contribution in [-0.2, 0) is 9.05 Å². The van der Waals surface area contributed by atoms with E-state index in [0.717, 1.165) is 11.9 Å². The molecule has 9 heteroatoms. The summed E-state index contributed by atoms with van der Waals surface area (Å²) in [7, 11) is 1.31. The van der Waals surface area contributed by atoms with Crippen LogP contribution in [0.4, 0.5) is 5.82 Å². The Kier molecular flexibility index (Phi) is 8.44. The standard InChI is InChI=1S/C4H7N3.CH3ClO2S.H3NO/c1-3-2-4(5)7-6-3;1-5(2,3)4;1-2/h2H,1H3,(H3,5,6,7);1H3;2H,1H2. The summed E-state index contributed by atoms with van der Waals surface area (Å²) in [6.07, 6.45) is 0.925. The van der Waals surface area contributed by atoms with Gasteiger partial charge in [0.2, 0.25) is 9.05 Å². The number of hydrogen-bond acceptors (Lipinski definition) is 6. The molecule has 0 aliphatic carbocycles. The molecule has 0 amide bonds. The quantitative estimate of drug-likeness (QED) is 0.369. The van der Waals surface area contributed by atoms with E-state index in [0.29, 0.717) is 5.82 Å². The van der Waals surface area contributed by atoms with Crippen LogP contribution >= 0.6 is 10.7 Å². The SMILES string of the molecule is CS(=O)(=O)Cl.Cc1cc(N)n[nH]1.NO. The Labute approximate surface area is 86.4 Å². The molecule has 0 atom stereocenters. The largest absolute Gasteiger partial charge is 0.382 e. The van der Waals surface area contributed by atoms with Gasteiger partial charge in [-0.25, -0.2) is 14.3 Å². The summed E-state index contributed by atoms with van der Waals surface area (Å²) in [5, 5.41) is 12.9. The van der Waals surface area contributed by atoms with E-state index in [4.69, 9.17) is 10.9 Å². The second-order valence-corrected chi connectivity index (χ2v) is 5.20. The molecule has 84 valence electrons. The van der Waals surface area contributed by atoms with Crippen molar-refractivity contribution in [1.29, 1.82) is 0 Å². The molecule has 1 aromatic heterocycles. The first-order valence-corrected chi connectivity index (χ1v) is 5.93. The van der Waals surface area contributed by atoms with Gasteiger partial charge in [-0.05, 0) is 6.92 Å². The molecule has 0 radical (unpaired) electrons. The van der Waals surface area contributed by atoms with Crippen LogP contribution in [0.2, 0.25) is 0 Å². The number of nitrogens with one attached hydrogen (secondary N) is 1. The monoisotopic (exact) mass is 244 g/mol. The number of nitrogen functional groups attached to an aromatic ring is 1. The first-order valence-electron chi connectivity index (χ1n) is 3.22. The highest BCUT2D eigenvalue weighted by molar-refractivity contribution is 8.13. The fraction of sp³-hybridized carbons (Fsp3) is 0.400. The van der Waals surface area contributed by atoms with Gasteiger partial charge in [0.05, 0.1) is 6.26 Å². The third kappa shape index (κ3) is 17.3. The number of aromatic amines is 1. The summed E-state index contributed by atoms with van der Waals surface area (Å²) in [6, 6.07) is 1.78. The Hall–Kier alpha value is -0.830. The summed E-state index contributed by atoms with van der Waals surface area (Å²) in [4.78, 5) is 0. The van der Waals surface area contributed by atoms with E-state index in [1.165, 1.54) is 0 Å². The number of aryl methyl sites for hydroxylation is 1. The molecular weight excluding hydrogens is 232 g/mol. The predicted octanol–water partition coefficient (Wildman–Crippen LogP) is -0.181. The van der Waals surface area contributed by atoms with Crippen molar-refractivity contribution in [3.63, 3.8) is 0 Å². The van der Waals surface area contributed by atoms with Crippen molar-refractivity contribution in [3.05, 3.63) is 11.8 Å². The molecule has 0 spiro atoms. The maximum Gasteiger partial charge on any atom is 0.229 e. The summed E-state index contributed by atoms with van der Waals surface area (Å²) < 4.78 is 18.8. The average molecular weight is 245 g/mol. The van der Waals surface area contributed by atoms with Crippen LogP contribution in [0.25, 0.3) is 0 Å². The lowest BCUT2D eigenvalue weighted by Gasteiger charge is -1.68. The zero-order valence-electron chi connectivity index (χ0n) is 7.73. The van der Waals surface area contributed by atoms with E-state index in [-0.39, 0.29) is 0 Å². The molecule has 6 N–H and O–H groups in total. The Morgan fingerprint density at radius 1 is 1.57 bits per heavy atom. The van der Waals surface area contributed by atoms with Crippen molar-refractivity contribution >= 4 is 25.6 Å². The van der Waals surface area contributed by atoms with Crippen molar-refractivity contribution in [3.8, 4) is 0 Å². The van der Waals surface area contributed by atoms with Crippen LogP contribution in [0.5, 0.6) is 0 Å². The molecule has 0 fully saturated rings. The average Bonchev–Trinajstić information content (AvgIpc) is 2.35. The maximum absolute atomic E-state index is 9.40. The number of H-pyrrole nitrogens is 1. The van der Waals surface area contributed by atoms with Gasteiger partial charge in [-0.1, -0.05) is 0 Å². The Bertz CT molecular complexity index is 312. The van der Waals surface area contributed by atoms with Gasteiger partial charge in [0.1, 0.15) is 5.82 Å². The van der Waals surface area contributed by atoms with E-state index >= 15 is 0 Å². The molecule has 0 aliphatic rings. The number of aromatic nitrogens is 2. The van der Waals surface area contributed by atoms with Gasteiger partial charge in [-0.3, -0.25) is 5.10 Å². The van der Waals surface area contributed by atoms with Crippen molar-refractivity contribution in [2.24, 2.45) is 5.90 Å². The van der Waals surface area contributed by atoms with Crippen LogP contribution < -0.4 is 11.6 Å². The Morgan fingerprint density at radius 3 is 2.00 bits per heavy atom. The van der Waals surface area contributed by atoms with E-state index in [9.17, 15) is 8.42 Å². The Morgan fingerprint density at radius 2 is 1.93 bits per heavy atom. The number of nitrogens with zero attached hydrogens (tertiary/aromatic N) is 1. The number of hydrogen-bond donors (Lipinski definition) is 4. The molecule has 1 heterocycles. The zero-order chi connectivity index (χ0) is 11.8. The van der Waals surface area contributed by atoms with Crippen molar-refractivity contribution < 1.29 is 13.6 Å². The fourth-order valence-electron chi connectivity index (χ4n) is 0.439. The van der Waals surface area contributed by atoms with Crippen LogP contribution in [0.3, 0.4) is 0 Å². The van der Waals surface area contributed by atoms with Crippen LogP contribution in [0, 0.1) is 6.92 Å². The van der Waals surface area contributed by atoms with Crippen LogP contribution in [0.15, 0.2) is 6.07 Å². The lowest BCUT2D eigenvalue weighted by Crippen LogP contribution is -1.81. The highest BCUT2D eigenvalue weighted by Crippen LogP contribution is 1.95. The lowest BCUT2D eigenvalue weighted by atomic mass is 10.5. The Balaban J connectivity index is 0. The zero-order valence-corrected chi connectivity index (χ0v) is 9.30. The third-order valence-corrected chi connectivity index (χ3v) is 0.726. The molecule has 1 rings (SSSR count). The summed E-state index contributed by atoms with van der Waals surface area (Å²) >= 11 is 0. The van der Waals surface area contributed by atoms with Gasteiger partial charge in [0, 0.05) is 22.4 Å². The maximum atomic E-state index is 9.40. The second kappa shape index (κ2) is 7.56. The number of halogens is 1. The van der Waals surface area contributed by atoms with Gasteiger partial charge < -0.3 is 10.9 Å². The normalized spacial score (nSPS) is 9.21. The first-order chi connectivity index (χ1) is 6.29. The molecule has 0 aliphatic heterocycles. The molecule has 1 aromatic rings. The molecule has 0 saturated heterocycles. The second-order valence-electron chi connectivity index (χ2n) is 2.16. The topological polar surface area (TPSA) is 135 Å². The predicted molar refractivity (Wildman–Crippen MR) is 54.4 cm³/mol. The van der Waals surface area contributed by atoms with Gasteiger partial charge >= 0.3 is 0 Å². The van der Waals surface area contributed by atoms with Crippen molar-refractivity contribution in [2.75, 3.05) is 12.0 Å².